The molecule has 2 rings (SSSR count). The van der Waals surface area contributed by atoms with Gasteiger partial charge in [-0.3, -0.25) is 4.79 Å². The highest BCUT2D eigenvalue weighted by molar-refractivity contribution is 7.08. The minimum Gasteiger partial charge on any atom is -0.378 e. The lowest BCUT2D eigenvalue weighted by Gasteiger charge is -2.13. The number of carbonyl (C=O) groups excluding carboxylic acids is 1. The number of thiophene rings is 1. The Morgan fingerprint density at radius 1 is 1.32 bits per heavy atom. The van der Waals surface area contributed by atoms with Gasteiger partial charge in [0.05, 0.1) is 0 Å². The highest BCUT2D eigenvalue weighted by atomic mass is 32.1. The van der Waals surface area contributed by atoms with Gasteiger partial charge in [-0.2, -0.15) is 11.3 Å². The zero-order valence-electron chi connectivity index (χ0n) is 11.0. The maximum atomic E-state index is 11.8. The zero-order valence-corrected chi connectivity index (χ0v) is 11.8. The maximum absolute atomic E-state index is 11.8. The van der Waals surface area contributed by atoms with Crippen LogP contribution >= 0.6 is 11.3 Å². The lowest BCUT2D eigenvalue weighted by molar-refractivity contribution is -0.111. The molecule has 0 aliphatic rings. The van der Waals surface area contributed by atoms with Gasteiger partial charge in [0.15, 0.2) is 0 Å². The minimum atomic E-state index is -0.123. The standard InChI is InChI=1S/C15H16N2OS/c1-17(2)14-5-3-4-13(10-14)16-15(18)7-6-12-8-9-19-11-12/h3-11H,1-2H3,(H,16,18)/b7-6+. The Balaban J connectivity index is 2.01. The van der Waals surface area contributed by atoms with Crippen LogP contribution in [0.3, 0.4) is 0 Å². The van der Waals surface area contributed by atoms with E-state index in [1.54, 1.807) is 17.4 Å². The third-order valence-corrected chi connectivity index (χ3v) is 3.30. The molecule has 19 heavy (non-hydrogen) atoms. The van der Waals surface area contributed by atoms with Crippen LogP contribution < -0.4 is 10.2 Å². The molecule has 1 heterocycles. The van der Waals surface area contributed by atoms with Crippen molar-refractivity contribution in [2.75, 3.05) is 24.3 Å². The summed E-state index contributed by atoms with van der Waals surface area (Å²) < 4.78 is 0. The molecule has 1 aromatic carbocycles. The van der Waals surface area contributed by atoms with Crippen LogP contribution in [0.5, 0.6) is 0 Å². The number of rotatable bonds is 4. The lowest BCUT2D eigenvalue weighted by atomic mass is 10.2. The van der Waals surface area contributed by atoms with Crippen LogP contribution in [0.15, 0.2) is 47.2 Å². The minimum absolute atomic E-state index is 0.123. The van der Waals surface area contributed by atoms with Crippen molar-refractivity contribution in [1.82, 2.24) is 0 Å². The first kappa shape index (κ1) is 13.4. The summed E-state index contributed by atoms with van der Waals surface area (Å²) in [7, 11) is 3.94. The summed E-state index contributed by atoms with van der Waals surface area (Å²) in [4.78, 5) is 13.8. The van der Waals surface area contributed by atoms with Crippen molar-refractivity contribution >= 4 is 34.7 Å². The number of anilines is 2. The molecule has 0 bridgehead atoms. The molecule has 1 N–H and O–H groups in total. The molecule has 0 aliphatic heterocycles. The fourth-order valence-electron chi connectivity index (χ4n) is 1.59. The number of hydrogen-bond donors (Lipinski definition) is 1. The molecule has 0 saturated heterocycles. The van der Waals surface area contributed by atoms with Gasteiger partial charge in [-0.05, 0) is 46.7 Å². The Hall–Kier alpha value is -2.07. The molecule has 0 aliphatic carbocycles. The van der Waals surface area contributed by atoms with Crippen LogP contribution in [-0.2, 0) is 4.79 Å². The second-order valence-electron chi connectivity index (χ2n) is 4.32. The van der Waals surface area contributed by atoms with Crippen molar-refractivity contribution in [2.24, 2.45) is 0 Å². The average molecular weight is 272 g/mol. The molecule has 4 heteroatoms. The number of hydrogen-bond acceptors (Lipinski definition) is 3. The van der Waals surface area contributed by atoms with E-state index in [1.807, 2.05) is 66.2 Å². The molecular weight excluding hydrogens is 256 g/mol. The molecule has 3 nitrogen and oxygen atoms in total. The van der Waals surface area contributed by atoms with Crippen LogP contribution in [0.1, 0.15) is 5.56 Å². The lowest BCUT2D eigenvalue weighted by Crippen LogP contribution is -2.11. The van der Waals surface area contributed by atoms with Crippen LogP contribution in [0.4, 0.5) is 11.4 Å². The first-order valence-electron chi connectivity index (χ1n) is 5.94. The molecule has 2 aromatic rings. The van der Waals surface area contributed by atoms with E-state index in [-0.39, 0.29) is 5.91 Å². The van der Waals surface area contributed by atoms with Crippen molar-refractivity contribution in [3.05, 3.63) is 52.7 Å². The Morgan fingerprint density at radius 2 is 2.16 bits per heavy atom. The molecule has 0 radical (unpaired) electrons. The van der Waals surface area contributed by atoms with E-state index in [4.69, 9.17) is 0 Å². The quantitative estimate of drug-likeness (QED) is 0.864. The van der Waals surface area contributed by atoms with Gasteiger partial charge < -0.3 is 10.2 Å². The van der Waals surface area contributed by atoms with E-state index in [2.05, 4.69) is 5.32 Å². The van der Waals surface area contributed by atoms with E-state index < -0.39 is 0 Å². The first-order valence-corrected chi connectivity index (χ1v) is 6.88. The SMILES string of the molecule is CN(C)c1cccc(NC(=O)/C=C/c2ccsc2)c1. The van der Waals surface area contributed by atoms with Gasteiger partial charge >= 0.3 is 0 Å². The molecule has 0 fully saturated rings. The molecule has 1 aromatic heterocycles. The number of nitrogens with zero attached hydrogens (tertiary/aromatic N) is 1. The maximum Gasteiger partial charge on any atom is 0.248 e. The highest BCUT2D eigenvalue weighted by Crippen LogP contribution is 2.17. The van der Waals surface area contributed by atoms with Crippen molar-refractivity contribution in [3.63, 3.8) is 0 Å². The van der Waals surface area contributed by atoms with E-state index in [9.17, 15) is 4.79 Å². The van der Waals surface area contributed by atoms with Gasteiger partial charge in [0, 0.05) is 31.5 Å². The number of carbonyl (C=O) groups is 1. The topological polar surface area (TPSA) is 32.3 Å². The van der Waals surface area contributed by atoms with E-state index >= 15 is 0 Å². The van der Waals surface area contributed by atoms with Crippen molar-refractivity contribution < 1.29 is 4.79 Å². The van der Waals surface area contributed by atoms with Crippen LogP contribution in [0.2, 0.25) is 0 Å². The summed E-state index contributed by atoms with van der Waals surface area (Å²) in [5.41, 5.74) is 2.90. The van der Waals surface area contributed by atoms with Gasteiger partial charge in [-0.1, -0.05) is 6.07 Å². The number of benzene rings is 1. The van der Waals surface area contributed by atoms with Gasteiger partial charge in [0.25, 0.3) is 0 Å². The monoisotopic (exact) mass is 272 g/mol. The number of amides is 1. The zero-order chi connectivity index (χ0) is 13.7. The summed E-state index contributed by atoms with van der Waals surface area (Å²) in [6.45, 7) is 0. The van der Waals surface area contributed by atoms with Gasteiger partial charge in [0.2, 0.25) is 5.91 Å². The smallest absolute Gasteiger partial charge is 0.248 e. The molecule has 98 valence electrons. The number of nitrogens with one attached hydrogen (secondary N) is 1. The molecular formula is C15H16N2OS. The van der Waals surface area contributed by atoms with Crippen molar-refractivity contribution in [3.8, 4) is 0 Å². The van der Waals surface area contributed by atoms with Crippen molar-refractivity contribution in [1.29, 1.82) is 0 Å². The molecule has 1 amide bonds. The van der Waals surface area contributed by atoms with Gasteiger partial charge in [-0.15, -0.1) is 0 Å². The van der Waals surface area contributed by atoms with Gasteiger partial charge in [0.1, 0.15) is 0 Å². The van der Waals surface area contributed by atoms with Crippen LogP contribution in [-0.4, -0.2) is 20.0 Å². The fourth-order valence-corrected chi connectivity index (χ4v) is 2.22. The Bertz CT molecular complexity index is 574. The Morgan fingerprint density at radius 3 is 2.84 bits per heavy atom. The Kier molecular flexibility index (Phi) is 4.36. The van der Waals surface area contributed by atoms with Crippen LogP contribution in [0.25, 0.3) is 6.08 Å². The summed E-state index contributed by atoms with van der Waals surface area (Å²) in [5, 5.41) is 6.83. The second-order valence-corrected chi connectivity index (χ2v) is 5.10. The predicted molar refractivity (Wildman–Crippen MR) is 82.8 cm³/mol. The van der Waals surface area contributed by atoms with Gasteiger partial charge in [-0.25, -0.2) is 0 Å². The third-order valence-electron chi connectivity index (χ3n) is 2.60. The molecule has 0 unspecified atom stereocenters. The highest BCUT2D eigenvalue weighted by Gasteiger charge is 2.00. The fraction of sp³-hybridized carbons (Fsp3) is 0.133. The Labute approximate surface area is 117 Å². The predicted octanol–water partition coefficient (Wildman–Crippen LogP) is 3.47. The largest absolute Gasteiger partial charge is 0.378 e. The summed E-state index contributed by atoms with van der Waals surface area (Å²) in [5.74, 6) is -0.123. The summed E-state index contributed by atoms with van der Waals surface area (Å²) in [6.07, 6.45) is 3.35. The first-order chi connectivity index (χ1) is 9.15. The molecule has 0 atom stereocenters. The normalized spacial score (nSPS) is 10.6. The van der Waals surface area contributed by atoms with Crippen LogP contribution in [0, 0.1) is 0 Å². The van der Waals surface area contributed by atoms with E-state index in [0.29, 0.717) is 0 Å². The molecule has 0 spiro atoms. The third kappa shape index (κ3) is 3.96. The molecule has 0 saturated carbocycles. The van der Waals surface area contributed by atoms with E-state index in [1.165, 1.54) is 0 Å². The van der Waals surface area contributed by atoms with E-state index in [0.717, 1.165) is 16.9 Å². The van der Waals surface area contributed by atoms with Crippen molar-refractivity contribution in [2.45, 2.75) is 0 Å². The summed E-state index contributed by atoms with van der Waals surface area (Å²) >= 11 is 1.61. The average Bonchev–Trinajstić information content (AvgIpc) is 2.90. The summed E-state index contributed by atoms with van der Waals surface area (Å²) in [6, 6.07) is 9.71. The second kappa shape index (κ2) is 6.20.